The molecule has 0 N–H and O–H groups in total. The zero-order chi connectivity index (χ0) is 15.2. The van der Waals surface area contributed by atoms with Crippen LogP contribution in [0.4, 0.5) is 0 Å². The number of hydrogen-bond acceptors (Lipinski definition) is 2. The Morgan fingerprint density at radius 3 is 2.19 bits per heavy atom. The molecule has 2 fully saturated rings. The van der Waals surface area contributed by atoms with Gasteiger partial charge in [0.05, 0.1) is 0 Å². The molecule has 0 aromatic rings. The van der Waals surface area contributed by atoms with E-state index in [1.165, 1.54) is 51.7 Å². The first-order valence-corrected chi connectivity index (χ1v) is 9.10. The first-order chi connectivity index (χ1) is 10.1. The Labute approximate surface area is 131 Å². The minimum absolute atomic E-state index is 0.337. The zero-order valence-corrected chi connectivity index (χ0v) is 14.3. The van der Waals surface area contributed by atoms with E-state index in [1.54, 1.807) is 0 Å². The molecule has 2 heterocycles. The number of carbonyl (C=O) groups is 1. The minimum atomic E-state index is 0.337. The summed E-state index contributed by atoms with van der Waals surface area (Å²) >= 11 is 0. The monoisotopic (exact) mass is 294 g/mol. The molecule has 2 saturated heterocycles. The molecule has 0 aromatic carbocycles. The summed E-state index contributed by atoms with van der Waals surface area (Å²) in [5.41, 5.74) is 0. The van der Waals surface area contributed by atoms with Crippen molar-refractivity contribution in [3.8, 4) is 0 Å². The predicted octanol–water partition coefficient (Wildman–Crippen LogP) is 3.39. The lowest BCUT2D eigenvalue weighted by Gasteiger charge is -2.36. The molecule has 3 heteroatoms. The summed E-state index contributed by atoms with van der Waals surface area (Å²) in [6.45, 7) is 12.6. The molecule has 0 unspecified atom stereocenters. The van der Waals surface area contributed by atoms with Gasteiger partial charge in [0.2, 0.25) is 5.91 Å². The summed E-state index contributed by atoms with van der Waals surface area (Å²) in [7, 11) is 0. The van der Waals surface area contributed by atoms with Crippen molar-refractivity contribution in [2.24, 2.45) is 17.8 Å². The van der Waals surface area contributed by atoms with Crippen LogP contribution in [0.5, 0.6) is 0 Å². The van der Waals surface area contributed by atoms with Gasteiger partial charge in [0.1, 0.15) is 0 Å². The Bertz CT molecular complexity index is 313. The van der Waals surface area contributed by atoms with Gasteiger partial charge in [0.15, 0.2) is 0 Å². The Morgan fingerprint density at radius 1 is 1.05 bits per heavy atom. The highest BCUT2D eigenvalue weighted by Gasteiger charge is 2.24. The maximum atomic E-state index is 11.7. The van der Waals surface area contributed by atoms with Gasteiger partial charge in [-0.3, -0.25) is 4.79 Å². The lowest BCUT2D eigenvalue weighted by atomic mass is 9.86. The summed E-state index contributed by atoms with van der Waals surface area (Å²) in [4.78, 5) is 16.4. The van der Waals surface area contributed by atoms with E-state index in [4.69, 9.17) is 0 Å². The molecular formula is C18H34N2O. The largest absolute Gasteiger partial charge is 0.343 e. The van der Waals surface area contributed by atoms with Crippen molar-refractivity contribution in [3.63, 3.8) is 0 Å². The average Bonchev–Trinajstić information content (AvgIpc) is 2.53. The maximum absolute atomic E-state index is 11.7. The topological polar surface area (TPSA) is 23.6 Å². The number of rotatable bonds is 5. The molecule has 1 amide bonds. The van der Waals surface area contributed by atoms with Crippen LogP contribution in [0.25, 0.3) is 0 Å². The summed E-state index contributed by atoms with van der Waals surface area (Å²) in [5.74, 6) is 2.98. The van der Waals surface area contributed by atoms with Gasteiger partial charge in [-0.1, -0.05) is 20.8 Å². The number of amides is 1. The third-order valence-corrected chi connectivity index (χ3v) is 5.70. The summed E-state index contributed by atoms with van der Waals surface area (Å²) in [6.07, 6.45) is 7.21. The van der Waals surface area contributed by atoms with Crippen LogP contribution >= 0.6 is 0 Å². The van der Waals surface area contributed by atoms with Crippen LogP contribution < -0.4 is 0 Å². The van der Waals surface area contributed by atoms with Crippen LogP contribution in [0.3, 0.4) is 0 Å². The smallest absolute Gasteiger partial charge is 0.222 e. The van der Waals surface area contributed by atoms with Crippen molar-refractivity contribution in [1.29, 1.82) is 0 Å². The second kappa shape index (κ2) is 8.17. The zero-order valence-electron chi connectivity index (χ0n) is 14.3. The molecule has 122 valence electrons. The third kappa shape index (κ3) is 4.98. The molecule has 2 aliphatic rings. The van der Waals surface area contributed by atoms with Gasteiger partial charge in [-0.25, -0.2) is 0 Å². The van der Waals surface area contributed by atoms with Crippen LogP contribution in [0.1, 0.15) is 59.3 Å². The van der Waals surface area contributed by atoms with Crippen molar-refractivity contribution in [3.05, 3.63) is 0 Å². The Balaban J connectivity index is 1.61. The average molecular weight is 294 g/mol. The SMILES string of the molecule is CCC(=O)N1CCC(CCN2CCC(C(C)C)CC2)CC1. The van der Waals surface area contributed by atoms with Crippen molar-refractivity contribution >= 4 is 5.91 Å². The van der Waals surface area contributed by atoms with Crippen LogP contribution in [-0.4, -0.2) is 48.4 Å². The second-order valence-corrected chi connectivity index (χ2v) is 7.39. The van der Waals surface area contributed by atoms with Gasteiger partial charge >= 0.3 is 0 Å². The Morgan fingerprint density at radius 2 is 1.67 bits per heavy atom. The van der Waals surface area contributed by atoms with Crippen molar-refractivity contribution in [2.45, 2.75) is 59.3 Å². The number of likely N-dealkylation sites (tertiary alicyclic amines) is 2. The molecule has 0 aliphatic carbocycles. The minimum Gasteiger partial charge on any atom is -0.343 e. The van der Waals surface area contributed by atoms with Crippen molar-refractivity contribution in [2.75, 3.05) is 32.7 Å². The van der Waals surface area contributed by atoms with Gasteiger partial charge in [-0.15, -0.1) is 0 Å². The van der Waals surface area contributed by atoms with Crippen molar-refractivity contribution in [1.82, 2.24) is 9.80 Å². The standard InChI is InChI=1S/C18H34N2O/c1-4-18(21)20-13-6-16(7-14-20)5-10-19-11-8-17(9-12-19)15(2)3/h15-17H,4-14H2,1-3H3. The van der Waals surface area contributed by atoms with E-state index in [0.717, 1.165) is 30.8 Å². The van der Waals surface area contributed by atoms with E-state index in [1.807, 2.05) is 6.92 Å². The molecule has 0 radical (unpaired) electrons. The molecule has 2 aliphatic heterocycles. The first-order valence-electron chi connectivity index (χ1n) is 9.10. The molecule has 0 saturated carbocycles. The lowest BCUT2D eigenvalue weighted by Crippen LogP contribution is -2.40. The number of nitrogens with zero attached hydrogens (tertiary/aromatic N) is 2. The fourth-order valence-corrected chi connectivity index (χ4v) is 3.90. The van der Waals surface area contributed by atoms with E-state index in [-0.39, 0.29) is 0 Å². The summed E-state index contributed by atoms with van der Waals surface area (Å²) in [6, 6.07) is 0. The third-order valence-electron chi connectivity index (χ3n) is 5.70. The van der Waals surface area contributed by atoms with E-state index in [2.05, 4.69) is 23.6 Å². The van der Waals surface area contributed by atoms with Crippen LogP contribution in [0, 0.1) is 17.8 Å². The van der Waals surface area contributed by atoms with Crippen molar-refractivity contribution < 1.29 is 4.79 Å². The highest BCUT2D eigenvalue weighted by atomic mass is 16.2. The van der Waals surface area contributed by atoms with E-state index in [9.17, 15) is 4.79 Å². The lowest BCUT2D eigenvalue weighted by molar-refractivity contribution is -0.132. The predicted molar refractivity (Wildman–Crippen MR) is 88.2 cm³/mol. The maximum Gasteiger partial charge on any atom is 0.222 e. The highest BCUT2D eigenvalue weighted by molar-refractivity contribution is 5.75. The first kappa shape index (κ1) is 16.8. The number of carbonyl (C=O) groups excluding carboxylic acids is 1. The van der Waals surface area contributed by atoms with Crippen LogP contribution in [0.2, 0.25) is 0 Å². The van der Waals surface area contributed by atoms with E-state index < -0.39 is 0 Å². The summed E-state index contributed by atoms with van der Waals surface area (Å²) in [5, 5.41) is 0. The van der Waals surface area contributed by atoms with Crippen LogP contribution in [0.15, 0.2) is 0 Å². The molecule has 21 heavy (non-hydrogen) atoms. The van der Waals surface area contributed by atoms with Gasteiger partial charge in [-0.05, 0) is 69.5 Å². The molecule has 0 aromatic heterocycles. The molecule has 0 bridgehead atoms. The molecule has 3 nitrogen and oxygen atoms in total. The second-order valence-electron chi connectivity index (χ2n) is 7.39. The quantitative estimate of drug-likeness (QED) is 0.776. The fraction of sp³-hybridized carbons (Fsp3) is 0.944. The van der Waals surface area contributed by atoms with Gasteiger partial charge < -0.3 is 9.80 Å². The summed E-state index contributed by atoms with van der Waals surface area (Å²) < 4.78 is 0. The van der Waals surface area contributed by atoms with Gasteiger partial charge in [-0.2, -0.15) is 0 Å². The Hall–Kier alpha value is -0.570. The van der Waals surface area contributed by atoms with E-state index in [0.29, 0.717) is 12.3 Å². The normalized spacial score (nSPS) is 23.0. The fourth-order valence-electron chi connectivity index (χ4n) is 3.90. The molecule has 0 atom stereocenters. The van der Waals surface area contributed by atoms with Crippen LogP contribution in [-0.2, 0) is 4.79 Å². The van der Waals surface area contributed by atoms with E-state index >= 15 is 0 Å². The van der Waals surface area contributed by atoms with Gasteiger partial charge in [0, 0.05) is 19.5 Å². The highest BCUT2D eigenvalue weighted by Crippen LogP contribution is 2.26. The molecular weight excluding hydrogens is 260 g/mol. The number of piperidine rings is 2. The molecule has 0 spiro atoms. The Kier molecular flexibility index (Phi) is 6.53. The molecule has 2 rings (SSSR count). The van der Waals surface area contributed by atoms with Gasteiger partial charge in [0.25, 0.3) is 0 Å². The number of hydrogen-bond donors (Lipinski definition) is 0.